The number of hydrogen-bond donors (Lipinski definition) is 1. The maximum atomic E-state index is 13.1. The van der Waals surface area contributed by atoms with Crippen LogP contribution < -0.4 is 0 Å². The number of nitrogens with zero attached hydrogens (tertiary/aromatic N) is 3. The average Bonchev–Trinajstić information content (AvgIpc) is 3.51. The minimum absolute atomic E-state index is 0.125. The Balaban J connectivity index is 1.36. The van der Waals surface area contributed by atoms with Gasteiger partial charge in [0.2, 0.25) is 12.7 Å². The number of aliphatic hydroxyl groups is 1. The molecule has 1 amide bonds. The number of rotatable bonds is 6. The van der Waals surface area contributed by atoms with Crippen molar-refractivity contribution in [1.82, 2.24) is 14.3 Å². The van der Waals surface area contributed by atoms with E-state index in [1.165, 1.54) is 16.2 Å². The highest BCUT2D eigenvalue weighted by Crippen LogP contribution is 2.51. The standard InChI is InChI=1S/C22H25N3O7S/c1-11-16(14-8-24-9-23-7-15(24)33-14)19(25-18(11)17(12(2)26)20(25)27)21(28)30-10-31-22(29)32-13-5-3-4-6-13/h7-9,11-13,17-18,26H,3-6,10H2,1-2H3/t11-,12+,17+,18+/m0/s1. The maximum absolute atomic E-state index is 13.1. The number of thiazole rings is 1. The summed E-state index contributed by atoms with van der Waals surface area (Å²) in [6.45, 7) is 2.89. The van der Waals surface area contributed by atoms with Crippen molar-refractivity contribution in [2.24, 2.45) is 11.8 Å². The summed E-state index contributed by atoms with van der Waals surface area (Å²) >= 11 is 1.44. The molecule has 33 heavy (non-hydrogen) atoms. The molecule has 2 aliphatic heterocycles. The van der Waals surface area contributed by atoms with Crippen LogP contribution in [-0.4, -0.2) is 62.5 Å². The second-order valence-corrected chi connectivity index (χ2v) is 9.78. The van der Waals surface area contributed by atoms with Crippen molar-refractivity contribution in [2.75, 3.05) is 6.79 Å². The van der Waals surface area contributed by atoms with Crippen molar-refractivity contribution in [2.45, 2.75) is 57.8 Å². The summed E-state index contributed by atoms with van der Waals surface area (Å²) in [4.78, 5) is 45.0. The van der Waals surface area contributed by atoms with Crippen LogP contribution in [-0.2, 0) is 23.8 Å². The highest BCUT2D eigenvalue weighted by Gasteiger charge is 2.60. The molecule has 0 radical (unpaired) electrons. The van der Waals surface area contributed by atoms with Gasteiger partial charge in [0.25, 0.3) is 0 Å². The molecule has 1 saturated heterocycles. The van der Waals surface area contributed by atoms with E-state index in [0.717, 1.165) is 35.4 Å². The molecule has 1 aliphatic carbocycles. The molecule has 2 fully saturated rings. The number of ether oxygens (including phenoxy) is 3. The first-order chi connectivity index (χ1) is 15.9. The highest BCUT2D eigenvalue weighted by molar-refractivity contribution is 7.18. The van der Waals surface area contributed by atoms with E-state index in [0.29, 0.717) is 5.57 Å². The smallest absolute Gasteiger partial charge is 0.431 e. The van der Waals surface area contributed by atoms with Crippen LogP contribution in [0.15, 0.2) is 24.4 Å². The average molecular weight is 476 g/mol. The molecule has 5 rings (SSSR count). The first kappa shape index (κ1) is 21.9. The molecule has 1 saturated carbocycles. The minimum atomic E-state index is -0.878. The highest BCUT2D eigenvalue weighted by atomic mass is 32.1. The van der Waals surface area contributed by atoms with Crippen LogP contribution in [0.4, 0.5) is 4.79 Å². The summed E-state index contributed by atoms with van der Waals surface area (Å²) in [6, 6.07) is -0.345. The Labute approximate surface area is 193 Å². The van der Waals surface area contributed by atoms with Crippen LogP contribution in [0.5, 0.6) is 0 Å². The molecule has 4 heterocycles. The zero-order valence-electron chi connectivity index (χ0n) is 18.3. The fourth-order valence-electron chi connectivity index (χ4n) is 5.12. The number of esters is 1. The van der Waals surface area contributed by atoms with Crippen molar-refractivity contribution >= 4 is 39.8 Å². The number of aromatic nitrogens is 2. The van der Waals surface area contributed by atoms with Crippen molar-refractivity contribution in [3.05, 3.63) is 29.3 Å². The van der Waals surface area contributed by atoms with Crippen molar-refractivity contribution in [3.63, 3.8) is 0 Å². The molecule has 0 aromatic carbocycles. The van der Waals surface area contributed by atoms with E-state index >= 15 is 0 Å². The van der Waals surface area contributed by atoms with Crippen molar-refractivity contribution < 1.29 is 33.7 Å². The van der Waals surface area contributed by atoms with Crippen LogP contribution in [0.25, 0.3) is 10.4 Å². The van der Waals surface area contributed by atoms with E-state index in [-0.39, 0.29) is 29.7 Å². The summed E-state index contributed by atoms with van der Waals surface area (Å²) < 4.78 is 17.2. The Morgan fingerprint density at radius 1 is 1.30 bits per heavy atom. The van der Waals surface area contributed by atoms with Gasteiger partial charge >= 0.3 is 12.1 Å². The molecular formula is C22H25N3O7S. The number of carbonyl (C=O) groups is 3. The third kappa shape index (κ3) is 3.68. The van der Waals surface area contributed by atoms with E-state index in [9.17, 15) is 19.5 Å². The Kier molecular flexibility index (Phi) is 5.61. The lowest BCUT2D eigenvalue weighted by Gasteiger charge is -2.46. The van der Waals surface area contributed by atoms with E-state index in [2.05, 4.69) is 4.98 Å². The Morgan fingerprint density at radius 3 is 2.76 bits per heavy atom. The second-order valence-electron chi connectivity index (χ2n) is 8.72. The number of aliphatic hydroxyl groups excluding tert-OH is 1. The van der Waals surface area contributed by atoms with Crippen molar-refractivity contribution in [3.8, 4) is 0 Å². The van der Waals surface area contributed by atoms with E-state index < -0.39 is 30.9 Å². The largest absolute Gasteiger partial charge is 0.511 e. The van der Waals surface area contributed by atoms with Crippen LogP contribution >= 0.6 is 11.3 Å². The van der Waals surface area contributed by atoms with Crippen LogP contribution in [0.3, 0.4) is 0 Å². The van der Waals surface area contributed by atoms with Crippen LogP contribution in [0.1, 0.15) is 44.4 Å². The van der Waals surface area contributed by atoms with Crippen LogP contribution in [0.2, 0.25) is 0 Å². The van der Waals surface area contributed by atoms with Gasteiger partial charge in [0, 0.05) is 17.7 Å². The summed E-state index contributed by atoms with van der Waals surface area (Å²) in [5.41, 5.74) is 0.795. The molecule has 10 nitrogen and oxygen atoms in total. The molecule has 1 N–H and O–H groups in total. The predicted octanol–water partition coefficient (Wildman–Crippen LogP) is 2.56. The number of β-lactam (4-membered cyclic amide) rings is 1. The summed E-state index contributed by atoms with van der Waals surface area (Å²) in [6.07, 6.45) is 6.98. The normalized spacial score (nSPS) is 25.8. The molecule has 176 valence electrons. The van der Waals surface area contributed by atoms with Gasteiger partial charge in [-0.3, -0.25) is 9.20 Å². The quantitative estimate of drug-likeness (QED) is 0.385. The third-order valence-corrected chi connectivity index (χ3v) is 7.73. The summed E-state index contributed by atoms with van der Waals surface area (Å²) in [7, 11) is 0. The zero-order chi connectivity index (χ0) is 23.3. The first-order valence-electron chi connectivity index (χ1n) is 11.0. The Bertz CT molecular complexity index is 1100. The lowest BCUT2D eigenvalue weighted by molar-refractivity contribution is -0.166. The number of fused-ring (bicyclic) bond motifs is 2. The van der Waals surface area contributed by atoms with Crippen LogP contribution in [0, 0.1) is 11.8 Å². The molecular weight excluding hydrogens is 450 g/mol. The number of carbonyl (C=O) groups excluding carboxylic acids is 3. The van der Waals surface area contributed by atoms with Gasteiger partial charge in [-0.2, -0.15) is 0 Å². The first-order valence-corrected chi connectivity index (χ1v) is 11.9. The number of imidazole rings is 1. The number of amides is 1. The summed E-state index contributed by atoms with van der Waals surface area (Å²) in [5.74, 6) is -1.88. The molecule has 2 aromatic heterocycles. The van der Waals surface area contributed by atoms with Gasteiger partial charge < -0.3 is 24.2 Å². The number of hydrogen-bond acceptors (Lipinski definition) is 9. The minimum Gasteiger partial charge on any atom is -0.431 e. The third-order valence-electron chi connectivity index (χ3n) is 6.66. The lowest BCUT2D eigenvalue weighted by Crippen LogP contribution is -2.63. The van der Waals surface area contributed by atoms with Gasteiger partial charge in [-0.1, -0.05) is 6.92 Å². The second kappa shape index (κ2) is 8.45. The molecule has 3 aliphatic rings. The van der Waals surface area contributed by atoms with Gasteiger partial charge in [0.15, 0.2) is 0 Å². The van der Waals surface area contributed by atoms with Gasteiger partial charge in [0.1, 0.15) is 16.6 Å². The van der Waals surface area contributed by atoms with Crippen molar-refractivity contribution in [1.29, 1.82) is 0 Å². The van der Waals surface area contributed by atoms with Gasteiger partial charge in [0.05, 0.1) is 35.5 Å². The molecule has 0 spiro atoms. The molecule has 0 unspecified atom stereocenters. The Morgan fingerprint density at radius 2 is 2.06 bits per heavy atom. The predicted molar refractivity (Wildman–Crippen MR) is 116 cm³/mol. The van der Waals surface area contributed by atoms with E-state index in [1.54, 1.807) is 19.4 Å². The fourth-order valence-corrected chi connectivity index (χ4v) is 6.22. The molecule has 11 heteroatoms. The monoisotopic (exact) mass is 475 g/mol. The molecule has 4 atom stereocenters. The van der Waals surface area contributed by atoms with Gasteiger partial charge in [-0.15, -0.1) is 11.3 Å². The van der Waals surface area contributed by atoms with Gasteiger partial charge in [-0.25, -0.2) is 14.6 Å². The SMILES string of the molecule is C[C@@H](O)[C@H]1C(=O)N2C(C(=O)OCOC(=O)OC3CCCC3)=C(c3cn4cncc4s3)[C@H](C)[C@H]12. The zero-order valence-corrected chi connectivity index (χ0v) is 19.1. The fraction of sp³-hybridized carbons (Fsp3) is 0.545. The summed E-state index contributed by atoms with van der Waals surface area (Å²) in [5, 5.41) is 10.1. The van der Waals surface area contributed by atoms with E-state index in [1.807, 2.05) is 17.5 Å². The topological polar surface area (TPSA) is 120 Å². The van der Waals surface area contributed by atoms with E-state index in [4.69, 9.17) is 14.2 Å². The molecule has 0 bridgehead atoms. The lowest BCUT2D eigenvalue weighted by atomic mass is 9.77. The van der Waals surface area contributed by atoms with Gasteiger partial charge in [-0.05, 0) is 32.6 Å². The Hall–Kier alpha value is -2.92. The molecule has 2 aromatic rings. The maximum Gasteiger partial charge on any atom is 0.511 e.